The van der Waals surface area contributed by atoms with Gasteiger partial charge in [0.1, 0.15) is 0 Å². The van der Waals surface area contributed by atoms with E-state index in [0.717, 1.165) is 26.1 Å². The smallest absolute Gasteiger partial charge is 0.0707 e. The number of aliphatic hydroxyl groups is 1. The Morgan fingerprint density at radius 3 is 2.46 bits per heavy atom. The van der Waals surface area contributed by atoms with Gasteiger partial charge in [0, 0.05) is 33.4 Å². The molecule has 0 radical (unpaired) electrons. The summed E-state index contributed by atoms with van der Waals surface area (Å²) in [5, 5.41) is 10.5. The largest absolute Gasteiger partial charge is 0.391 e. The van der Waals surface area contributed by atoms with Crippen LogP contribution >= 0.6 is 0 Å². The van der Waals surface area contributed by atoms with Crippen molar-refractivity contribution < 1.29 is 9.84 Å². The van der Waals surface area contributed by atoms with Gasteiger partial charge < -0.3 is 9.84 Å². The summed E-state index contributed by atoms with van der Waals surface area (Å²) in [7, 11) is 1.73. The topological polar surface area (TPSA) is 32.7 Å². The number of methoxy groups -OCH3 is 1. The Hall–Kier alpha value is -1.68. The molecule has 3 heteroatoms. The van der Waals surface area contributed by atoms with Gasteiger partial charge in [-0.3, -0.25) is 4.90 Å². The van der Waals surface area contributed by atoms with E-state index in [1.807, 2.05) is 18.2 Å². The Morgan fingerprint density at radius 2 is 1.75 bits per heavy atom. The van der Waals surface area contributed by atoms with Gasteiger partial charge in [-0.1, -0.05) is 54.6 Å². The second-order valence-electron chi connectivity index (χ2n) is 6.35. The molecule has 1 N–H and O–H groups in total. The lowest BCUT2D eigenvalue weighted by molar-refractivity contribution is 0.0993. The highest BCUT2D eigenvalue weighted by atomic mass is 16.5. The first kappa shape index (κ1) is 18.7. The van der Waals surface area contributed by atoms with Crippen LogP contribution in [0.4, 0.5) is 0 Å². The van der Waals surface area contributed by atoms with Crippen LogP contribution in [0, 0.1) is 6.92 Å². The molecule has 1 unspecified atom stereocenters. The van der Waals surface area contributed by atoms with Crippen molar-refractivity contribution in [1.82, 2.24) is 4.90 Å². The molecule has 0 aliphatic heterocycles. The van der Waals surface area contributed by atoms with Gasteiger partial charge in [-0.05, 0) is 36.5 Å². The zero-order valence-electron chi connectivity index (χ0n) is 14.8. The van der Waals surface area contributed by atoms with Crippen molar-refractivity contribution in [2.24, 2.45) is 0 Å². The van der Waals surface area contributed by atoms with E-state index in [1.165, 1.54) is 16.7 Å². The summed E-state index contributed by atoms with van der Waals surface area (Å²) < 4.78 is 5.18. The summed E-state index contributed by atoms with van der Waals surface area (Å²) in [5.41, 5.74) is 3.80. The summed E-state index contributed by atoms with van der Waals surface area (Å²) in [6, 6.07) is 18.6. The maximum Gasteiger partial charge on any atom is 0.0707 e. The summed E-state index contributed by atoms with van der Waals surface area (Å²) in [5.74, 6) is 0. The fourth-order valence-electron chi connectivity index (χ4n) is 2.94. The first-order valence-electron chi connectivity index (χ1n) is 8.67. The highest BCUT2D eigenvalue weighted by Crippen LogP contribution is 2.12. The number of aryl methyl sites for hydroxylation is 1. The Labute approximate surface area is 145 Å². The molecule has 0 aliphatic rings. The molecule has 0 bridgehead atoms. The third-order valence-electron chi connectivity index (χ3n) is 4.26. The van der Waals surface area contributed by atoms with E-state index in [1.54, 1.807) is 7.11 Å². The van der Waals surface area contributed by atoms with Crippen molar-refractivity contribution in [3.63, 3.8) is 0 Å². The van der Waals surface area contributed by atoms with Crippen LogP contribution in [-0.4, -0.2) is 42.9 Å². The van der Waals surface area contributed by atoms with E-state index < -0.39 is 0 Å². The molecule has 2 aromatic carbocycles. The van der Waals surface area contributed by atoms with E-state index in [0.29, 0.717) is 13.0 Å². The molecule has 0 saturated carbocycles. The molecule has 2 aromatic rings. The molecule has 1 atom stereocenters. The van der Waals surface area contributed by atoms with Crippen molar-refractivity contribution >= 4 is 0 Å². The second-order valence-corrected chi connectivity index (χ2v) is 6.35. The normalized spacial score (nSPS) is 12.5. The number of ether oxygens (including phenoxy) is 1. The fraction of sp³-hybridized carbons (Fsp3) is 0.429. The molecular weight excluding hydrogens is 298 g/mol. The van der Waals surface area contributed by atoms with Crippen LogP contribution in [0.25, 0.3) is 0 Å². The summed E-state index contributed by atoms with van der Waals surface area (Å²) in [4.78, 5) is 2.33. The molecule has 0 heterocycles. The molecule has 3 nitrogen and oxygen atoms in total. The maximum absolute atomic E-state index is 10.5. The lowest BCUT2D eigenvalue weighted by atomic mass is 10.1. The van der Waals surface area contributed by atoms with E-state index in [2.05, 4.69) is 48.2 Å². The number of aliphatic hydroxyl groups excluding tert-OH is 1. The number of hydrogen-bond acceptors (Lipinski definition) is 3. The number of hydrogen-bond donors (Lipinski definition) is 1. The van der Waals surface area contributed by atoms with Crippen molar-refractivity contribution in [2.45, 2.75) is 32.4 Å². The number of benzene rings is 2. The summed E-state index contributed by atoms with van der Waals surface area (Å²) >= 11 is 0. The van der Waals surface area contributed by atoms with Crippen LogP contribution in [0.5, 0.6) is 0 Å². The molecule has 0 aromatic heterocycles. The first-order chi connectivity index (χ1) is 11.7. The van der Waals surface area contributed by atoms with Gasteiger partial charge >= 0.3 is 0 Å². The molecule has 0 aliphatic carbocycles. The Balaban J connectivity index is 1.95. The Bertz CT molecular complexity index is 585. The first-order valence-corrected chi connectivity index (χ1v) is 8.67. The minimum Gasteiger partial charge on any atom is -0.391 e. The minimum atomic E-state index is -0.362. The average molecular weight is 327 g/mol. The maximum atomic E-state index is 10.5. The predicted octanol–water partition coefficient (Wildman–Crippen LogP) is 3.44. The van der Waals surface area contributed by atoms with Crippen molar-refractivity contribution in [1.29, 1.82) is 0 Å². The van der Waals surface area contributed by atoms with Crippen LogP contribution in [-0.2, 0) is 17.7 Å². The van der Waals surface area contributed by atoms with Gasteiger partial charge in [-0.15, -0.1) is 0 Å². The van der Waals surface area contributed by atoms with Crippen LogP contribution in [0.3, 0.4) is 0 Å². The monoisotopic (exact) mass is 327 g/mol. The third kappa shape index (κ3) is 6.44. The quantitative estimate of drug-likeness (QED) is 0.679. The predicted molar refractivity (Wildman–Crippen MR) is 99.1 cm³/mol. The van der Waals surface area contributed by atoms with Gasteiger partial charge in [-0.2, -0.15) is 0 Å². The Morgan fingerprint density at radius 1 is 1.04 bits per heavy atom. The molecular formula is C21H29NO2. The average Bonchev–Trinajstić information content (AvgIpc) is 2.58. The number of rotatable bonds is 10. The van der Waals surface area contributed by atoms with Crippen molar-refractivity contribution in [2.75, 3.05) is 26.8 Å². The van der Waals surface area contributed by atoms with Crippen LogP contribution in [0.1, 0.15) is 23.1 Å². The molecule has 0 fully saturated rings. The minimum absolute atomic E-state index is 0.362. The summed E-state index contributed by atoms with van der Waals surface area (Å²) in [6.07, 6.45) is 1.30. The highest BCUT2D eigenvalue weighted by Gasteiger charge is 2.13. The second kappa shape index (κ2) is 10.2. The molecule has 130 valence electrons. The zero-order valence-corrected chi connectivity index (χ0v) is 14.8. The number of nitrogens with zero attached hydrogens (tertiary/aromatic N) is 1. The molecule has 0 amide bonds. The highest BCUT2D eigenvalue weighted by molar-refractivity contribution is 5.25. The third-order valence-corrected chi connectivity index (χ3v) is 4.26. The molecule has 2 rings (SSSR count). The van der Waals surface area contributed by atoms with E-state index in [9.17, 15) is 5.11 Å². The molecule has 0 spiro atoms. The molecule has 0 saturated heterocycles. The zero-order chi connectivity index (χ0) is 17.2. The van der Waals surface area contributed by atoms with Crippen LogP contribution in [0.2, 0.25) is 0 Å². The van der Waals surface area contributed by atoms with E-state index in [4.69, 9.17) is 4.74 Å². The Kier molecular flexibility index (Phi) is 7.96. The van der Waals surface area contributed by atoms with Gasteiger partial charge in [0.2, 0.25) is 0 Å². The lowest BCUT2D eigenvalue weighted by Crippen LogP contribution is -2.34. The van der Waals surface area contributed by atoms with Gasteiger partial charge in [0.05, 0.1) is 6.10 Å². The van der Waals surface area contributed by atoms with Gasteiger partial charge in [0.15, 0.2) is 0 Å². The lowest BCUT2D eigenvalue weighted by Gasteiger charge is -2.26. The van der Waals surface area contributed by atoms with E-state index >= 15 is 0 Å². The standard InChI is InChI=1S/C21H29NO2/c1-18-9-6-7-12-20(18)16-22(13-8-14-24-2)17-21(23)15-19-10-4-3-5-11-19/h3-7,9-12,21,23H,8,13-17H2,1-2H3. The van der Waals surface area contributed by atoms with Crippen LogP contribution in [0.15, 0.2) is 54.6 Å². The SMILES string of the molecule is COCCCN(Cc1ccccc1C)CC(O)Cc1ccccc1. The summed E-state index contributed by atoms with van der Waals surface area (Å²) in [6.45, 7) is 5.35. The van der Waals surface area contributed by atoms with Gasteiger partial charge in [-0.25, -0.2) is 0 Å². The van der Waals surface area contributed by atoms with E-state index in [-0.39, 0.29) is 6.10 Å². The fourth-order valence-corrected chi connectivity index (χ4v) is 2.94. The van der Waals surface area contributed by atoms with Crippen molar-refractivity contribution in [3.05, 3.63) is 71.3 Å². The van der Waals surface area contributed by atoms with Crippen LogP contribution < -0.4 is 0 Å². The van der Waals surface area contributed by atoms with Gasteiger partial charge in [0.25, 0.3) is 0 Å². The van der Waals surface area contributed by atoms with Crippen molar-refractivity contribution in [3.8, 4) is 0 Å². The molecule has 24 heavy (non-hydrogen) atoms.